The summed E-state index contributed by atoms with van der Waals surface area (Å²) < 4.78 is 0. The van der Waals surface area contributed by atoms with Gasteiger partial charge in [0.25, 0.3) is 0 Å². The molecule has 1 N–H and O–H groups in total. The summed E-state index contributed by atoms with van der Waals surface area (Å²) in [4.78, 5) is 8.97. The Bertz CT molecular complexity index is 833. The van der Waals surface area contributed by atoms with Crippen LogP contribution in [0.5, 0.6) is 0 Å². The van der Waals surface area contributed by atoms with Crippen LogP contribution in [0.4, 0.5) is 5.82 Å². The molecule has 3 rings (SSSR count). The number of aromatic nitrogens is 2. The quantitative estimate of drug-likeness (QED) is 0.696. The summed E-state index contributed by atoms with van der Waals surface area (Å²) in [5, 5.41) is 5.68. The van der Waals surface area contributed by atoms with E-state index in [1.807, 2.05) is 50.2 Å². The zero-order valence-corrected chi connectivity index (χ0v) is 13.8. The van der Waals surface area contributed by atoms with Gasteiger partial charge in [-0.05, 0) is 43.7 Å². The van der Waals surface area contributed by atoms with Gasteiger partial charge in [-0.2, -0.15) is 0 Å². The molecule has 3 nitrogen and oxygen atoms in total. The standard InChI is InChI=1S/C17H15Cl2N3/c1-10(13-8-7-12(18)9-15(13)19)20-17-14-5-3-4-6-16(14)21-11(2)22-17/h3-10H,1-2H3,(H,20,21,22). The summed E-state index contributed by atoms with van der Waals surface area (Å²) in [6, 6.07) is 13.5. The molecule has 1 heterocycles. The van der Waals surface area contributed by atoms with Crippen LogP contribution in [0.3, 0.4) is 0 Å². The molecule has 0 amide bonds. The van der Waals surface area contributed by atoms with E-state index in [4.69, 9.17) is 23.2 Å². The Morgan fingerprint density at radius 1 is 1.05 bits per heavy atom. The maximum absolute atomic E-state index is 6.28. The summed E-state index contributed by atoms with van der Waals surface area (Å²) in [7, 11) is 0. The van der Waals surface area contributed by atoms with Crippen molar-refractivity contribution in [2.45, 2.75) is 19.9 Å². The van der Waals surface area contributed by atoms with E-state index in [0.29, 0.717) is 10.0 Å². The number of fused-ring (bicyclic) bond motifs is 1. The number of hydrogen-bond acceptors (Lipinski definition) is 3. The number of anilines is 1. The van der Waals surface area contributed by atoms with Gasteiger partial charge in [-0.3, -0.25) is 0 Å². The van der Waals surface area contributed by atoms with Crippen LogP contribution in [0.15, 0.2) is 42.5 Å². The summed E-state index contributed by atoms with van der Waals surface area (Å²) >= 11 is 12.2. The molecule has 0 aliphatic heterocycles. The van der Waals surface area contributed by atoms with Crippen molar-refractivity contribution in [3.05, 3.63) is 63.9 Å². The second-order valence-corrected chi connectivity index (χ2v) is 6.01. The Morgan fingerprint density at radius 3 is 2.59 bits per heavy atom. The van der Waals surface area contributed by atoms with Crippen molar-refractivity contribution in [3.8, 4) is 0 Å². The SMILES string of the molecule is Cc1nc(NC(C)c2ccc(Cl)cc2Cl)c2ccccc2n1. The van der Waals surface area contributed by atoms with Gasteiger partial charge in [0.15, 0.2) is 0 Å². The highest BCUT2D eigenvalue weighted by molar-refractivity contribution is 6.35. The first-order chi connectivity index (χ1) is 10.5. The molecule has 0 fully saturated rings. The van der Waals surface area contributed by atoms with Crippen molar-refractivity contribution in [1.29, 1.82) is 0 Å². The van der Waals surface area contributed by atoms with Crippen LogP contribution < -0.4 is 5.32 Å². The highest BCUT2D eigenvalue weighted by Gasteiger charge is 2.13. The Morgan fingerprint density at radius 2 is 1.82 bits per heavy atom. The van der Waals surface area contributed by atoms with Crippen LogP contribution in [-0.2, 0) is 0 Å². The number of benzene rings is 2. The molecular formula is C17H15Cl2N3. The van der Waals surface area contributed by atoms with Crippen LogP contribution in [-0.4, -0.2) is 9.97 Å². The molecule has 0 spiro atoms. The van der Waals surface area contributed by atoms with Gasteiger partial charge in [-0.25, -0.2) is 9.97 Å². The topological polar surface area (TPSA) is 37.8 Å². The van der Waals surface area contributed by atoms with Crippen molar-refractivity contribution >= 4 is 39.9 Å². The summed E-state index contributed by atoms with van der Waals surface area (Å²) in [6.45, 7) is 3.93. The van der Waals surface area contributed by atoms with Gasteiger partial charge in [-0.15, -0.1) is 0 Å². The lowest BCUT2D eigenvalue weighted by atomic mass is 10.1. The van der Waals surface area contributed by atoms with Gasteiger partial charge in [0, 0.05) is 15.4 Å². The van der Waals surface area contributed by atoms with Crippen molar-refractivity contribution in [2.75, 3.05) is 5.32 Å². The zero-order chi connectivity index (χ0) is 15.7. The summed E-state index contributed by atoms with van der Waals surface area (Å²) in [6.07, 6.45) is 0. The third kappa shape index (κ3) is 3.01. The van der Waals surface area contributed by atoms with E-state index in [0.717, 1.165) is 28.1 Å². The van der Waals surface area contributed by atoms with Crippen molar-refractivity contribution in [2.24, 2.45) is 0 Å². The van der Waals surface area contributed by atoms with Crippen LogP contribution >= 0.6 is 23.2 Å². The first-order valence-electron chi connectivity index (χ1n) is 6.99. The summed E-state index contributed by atoms with van der Waals surface area (Å²) in [5.41, 5.74) is 1.90. The van der Waals surface area contributed by atoms with Crippen molar-refractivity contribution in [3.63, 3.8) is 0 Å². The molecule has 0 aliphatic rings. The average molecular weight is 332 g/mol. The second kappa shape index (κ2) is 6.11. The monoisotopic (exact) mass is 331 g/mol. The normalized spacial score (nSPS) is 12.4. The largest absolute Gasteiger partial charge is 0.363 e. The maximum Gasteiger partial charge on any atom is 0.138 e. The predicted molar refractivity (Wildman–Crippen MR) is 92.8 cm³/mol. The minimum atomic E-state index is 0.00229. The molecule has 2 aromatic carbocycles. The molecule has 1 unspecified atom stereocenters. The smallest absolute Gasteiger partial charge is 0.138 e. The van der Waals surface area contributed by atoms with E-state index >= 15 is 0 Å². The molecular weight excluding hydrogens is 317 g/mol. The number of hydrogen-bond donors (Lipinski definition) is 1. The minimum Gasteiger partial charge on any atom is -0.363 e. The van der Waals surface area contributed by atoms with E-state index in [1.165, 1.54) is 0 Å². The van der Waals surface area contributed by atoms with Crippen molar-refractivity contribution in [1.82, 2.24) is 9.97 Å². The Labute approximate surface area is 139 Å². The third-order valence-electron chi connectivity index (χ3n) is 3.50. The molecule has 1 atom stereocenters. The molecule has 0 bridgehead atoms. The van der Waals surface area contributed by atoms with Gasteiger partial charge < -0.3 is 5.32 Å². The lowest BCUT2D eigenvalue weighted by Crippen LogP contribution is -2.10. The lowest BCUT2D eigenvalue weighted by molar-refractivity contribution is 0.872. The van der Waals surface area contributed by atoms with Gasteiger partial charge in [-0.1, -0.05) is 41.4 Å². The van der Waals surface area contributed by atoms with E-state index in [-0.39, 0.29) is 6.04 Å². The molecule has 0 saturated carbocycles. The first kappa shape index (κ1) is 15.1. The average Bonchev–Trinajstić information content (AvgIpc) is 2.46. The predicted octanol–water partition coefficient (Wildman–Crippen LogP) is 5.42. The second-order valence-electron chi connectivity index (χ2n) is 5.17. The Hall–Kier alpha value is -1.84. The number of rotatable bonds is 3. The van der Waals surface area contributed by atoms with Crippen LogP contribution in [0, 0.1) is 6.92 Å². The van der Waals surface area contributed by atoms with Gasteiger partial charge in [0.2, 0.25) is 0 Å². The molecule has 0 aliphatic carbocycles. The zero-order valence-electron chi connectivity index (χ0n) is 12.3. The minimum absolute atomic E-state index is 0.00229. The van der Waals surface area contributed by atoms with E-state index in [9.17, 15) is 0 Å². The Balaban J connectivity index is 1.99. The fourth-order valence-corrected chi connectivity index (χ4v) is 3.01. The van der Waals surface area contributed by atoms with E-state index in [1.54, 1.807) is 6.07 Å². The number of nitrogens with one attached hydrogen (secondary N) is 1. The molecule has 3 aromatic rings. The fourth-order valence-electron chi connectivity index (χ4n) is 2.44. The highest BCUT2D eigenvalue weighted by atomic mass is 35.5. The first-order valence-corrected chi connectivity index (χ1v) is 7.75. The number of para-hydroxylation sites is 1. The number of halogens is 2. The molecule has 0 radical (unpaired) electrons. The molecule has 5 heteroatoms. The van der Waals surface area contributed by atoms with Crippen molar-refractivity contribution < 1.29 is 0 Å². The lowest BCUT2D eigenvalue weighted by Gasteiger charge is -2.18. The third-order valence-corrected chi connectivity index (χ3v) is 4.06. The fraction of sp³-hybridized carbons (Fsp3) is 0.176. The van der Waals surface area contributed by atoms with E-state index in [2.05, 4.69) is 15.3 Å². The molecule has 112 valence electrons. The molecule has 0 saturated heterocycles. The summed E-state index contributed by atoms with van der Waals surface area (Å²) in [5.74, 6) is 1.54. The van der Waals surface area contributed by atoms with Gasteiger partial charge in [0.05, 0.1) is 11.6 Å². The Kier molecular flexibility index (Phi) is 4.19. The number of nitrogens with zero attached hydrogens (tertiary/aromatic N) is 2. The van der Waals surface area contributed by atoms with E-state index < -0.39 is 0 Å². The number of aryl methyl sites for hydroxylation is 1. The van der Waals surface area contributed by atoms with Crippen LogP contribution in [0.25, 0.3) is 10.9 Å². The highest BCUT2D eigenvalue weighted by Crippen LogP contribution is 2.30. The van der Waals surface area contributed by atoms with Crippen LogP contribution in [0.1, 0.15) is 24.4 Å². The molecule has 1 aromatic heterocycles. The van der Waals surface area contributed by atoms with Gasteiger partial charge >= 0.3 is 0 Å². The maximum atomic E-state index is 6.28. The van der Waals surface area contributed by atoms with Gasteiger partial charge in [0.1, 0.15) is 11.6 Å². The molecule has 22 heavy (non-hydrogen) atoms. The van der Waals surface area contributed by atoms with Crippen LogP contribution in [0.2, 0.25) is 10.0 Å².